The van der Waals surface area contributed by atoms with E-state index in [1.54, 1.807) is 12.1 Å². The lowest BCUT2D eigenvalue weighted by atomic mass is 10.1. The molecule has 0 aliphatic carbocycles. The molecule has 2 fully saturated rings. The van der Waals surface area contributed by atoms with Gasteiger partial charge in [-0.15, -0.1) is 0 Å². The van der Waals surface area contributed by atoms with E-state index in [1.165, 1.54) is 24.6 Å². The summed E-state index contributed by atoms with van der Waals surface area (Å²) in [5, 5.41) is 3.08. The average Bonchev–Trinajstić information content (AvgIpc) is 3.36. The van der Waals surface area contributed by atoms with Crippen molar-refractivity contribution in [3.8, 4) is 0 Å². The molecule has 2 heterocycles. The Morgan fingerprint density at radius 2 is 1.85 bits per heavy atom. The molecule has 0 saturated carbocycles. The monoisotopic (exact) mass is 367 g/mol. The molecule has 1 unspecified atom stereocenters. The summed E-state index contributed by atoms with van der Waals surface area (Å²) < 4.78 is 14.0. The minimum atomic E-state index is -0.208. The maximum absolute atomic E-state index is 14.0. The van der Waals surface area contributed by atoms with Gasteiger partial charge in [0.1, 0.15) is 5.82 Å². The van der Waals surface area contributed by atoms with Gasteiger partial charge >= 0.3 is 0 Å². The Bertz CT molecular complexity index is 804. The van der Waals surface area contributed by atoms with Gasteiger partial charge in [0.25, 0.3) is 0 Å². The molecule has 4 rings (SSSR count). The molecule has 2 aromatic rings. The summed E-state index contributed by atoms with van der Waals surface area (Å²) in [6.45, 7) is 3.45. The molecule has 2 saturated heterocycles. The van der Waals surface area contributed by atoms with Gasteiger partial charge in [-0.1, -0.05) is 24.3 Å². The average molecular weight is 367 g/mol. The first-order valence-electron chi connectivity index (χ1n) is 9.84. The second-order valence-corrected chi connectivity index (χ2v) is 7.45. The van der Waals surface area contributed by atoms with Crippen molar-refractivity contribution in [2.75, 3.05) is 29.9 Å². The van der Waals surface area contributed by atoms with Crippen LogP contribution in [0.3, 0.4) is 0 Å². The van der Waals surface area contributed by atoms with E-state index in [0.717, 1.165) is 38.2 Å². The number of carbonyl (C=O) groups is 1. The Kier molecular flexibility index (Phi) is 5.39. The Hall–Kier alpha value is -2.40. The third-order valence-corrected chi connectivity index (χ3v) is 5.58. The molecular formula is C22H26FN3O. The van der Waals surface area contributed by atoms with Crippen molar-refractivity contribution in [2.24, 2.45) is 0 Å². The molecule has 0 spiro atoms. The largest absolute Gasteiger partial charge is 0.371 e. The van der Waals surface area contributed by atoms with Gasteiger partial charge in [0.2, 0.25) is 5.91 Å². The van der Waals surface area contributed by atoms with Gasteiger partial charge in [0, 0.05) is 36.6 Å². The van der Waals surface area contributed by atoms with Crippen LogP contribution in [-0.4, -0.2) is 36.5 Å². The number of benzene rings is 2. The van der Waals surface area contributed by atoms with E-state index in [9.17, 15) is 9.18 Å². The zero-order chi connectivity index (χ0) is 18.6. The molecule has 2 aliphatic rings. The maximum Gasteiger partial charge on any atom is 0.241 e. The van der Waals surface area contributed by atoms with E-state index in [0.29, 0.717) is 12.1 Å². The molecule has 1 amide bonds. The van der Waals surface area contributed by atoms with Crippen molar-refractivity contribution in [1.29, 1.82) is 0 Å². The molecule has 0 radical (unpaired) electrons. The Balaban J connectivity index is 1.43. The topological polar surface area (TPSA) is 35.6 Å². The SMILES string of the molecule is O=C(Nc1cccc(N2CCCC2)c1)C1CCCN1Cc1ccccc1F. The summed E-state index contributed by atoms with van der Waals surface area (Å²) in [7, 11) is 0. The van der Waals surface area contributed by atoms with Crippen LogP contribution in [0.15, 0.2) is 48.5 Å². The first-order valence-corrected chi connectivity index (χ1v) is 9.84. The van der Waals surface area contributed by atoms with E-state index < -0.39 is 0 Å². The van der Waals surface area contributed by atoms with Crippen molar-refractivity contribution in [3.05, 3.63) is 59.9 Å². The van der Waals surface area contributed by atoms with E-state index in [1.807, 2.05) is 18.2 Å². The van der Waals surface area contributed by atoms with Crippen LogP contribution < -0.4 is 10.2 Å². The number of carbonyl (C=O) groups excluding carboxylic acids is 1. The highest BCUT2D eigenvalue weighted by Crippen LogP contribution is 2.25. The highest BCUT2D eigenvalue weighted by Gasteiger charge is 2.31. The summed E-state index contributed by atoms with van der Waals surface area (Å²) in [5.74, 6) is -0.204. The normalized spacial score (nSPS) is 20.2. The van der Waals surface area contributed by atoms with Gasteiger partial charge in [-0.3, -0.25) is 9.69 Å². The number of amides is 1. The standard InChI is InChI=1S/C22H26FN3O/c23-20-10-2-1-7-17(20)16-26-14-6-11-21(26)22(27)24-18-8-5-9-19(15-18)25-12-3-4-13-25/h1-2,5,7-10,15,21H,3-4,6,11-14,16H2,(H,24,27). The van der Waals surface area contributed by atoms with Crippen molar-refractivity contribution in [2.45, 2.75) is 38.3 Å². The van der Waals surface area contributed by atoms with Gasteiger partial charge in [0.15, 0.2) is 0 Å². The smallest absolute Gasteiger partial charge is 0.241 e. The zero-order valence-corrected chi connectivity index (χ0v) is 15.5. The Labute approximate surface area is 160 Å². The minimum absolute atomic E-state index is 0.00223. The number of likely N-dealkylation sites (tertiary alicyclic amines) is 1. The zero-order valence-electron chi connectivity index (χ0n) is 15.5. The second-order valence-electron chi connectivity index (χ2n) is 7.45. The predicted octanol–water partition coefficient (Wildman–Crippen LogP) is 4.03. The first kappa shape index (κ1) is 18.0. The fourth-order valence-electron chi connectivity index (χ4n) is 4.14. The van der Waals surface area contributed by atoms with Crippen molar-refractivity contribution >= 4 is 17.3 Å². The molecule has 27 heavy (non-hydrogen) atoms. The van der Waals surface area contributed by atoms with E-state index in [4.69, 9.17) is 0 Å². The van der Waals surface area contributed by atoms with Crippen LogP contribution in [0.5, 0.6) is 0 Å². The molecular weight excluding hydrogens is 341 g/mol. The number of nitrogens with zero attached hydrogens (tertiary/aromatic N) is 2. The lowest BCUT2D eigenvalue weighted by Gasteiger charge is -2.24. The third kappa shape index (κ3) is 4.14. The van der Waals surface area contributed by atoms with Gasteiger partial charge < -0.3 is 10.2 Å². The van der Waals surface area contributed by atoms with Crippen molar-refractivity contribution in [3.63, 3.8) is 0 Å². The fourth-order valence-corrected chi connectivity index (χ4v) is 4.14. The number of anilines is 2. The van der Waals surface area contributed by atoms with Crippen LogP contribution in [0.2, 0.25) is 0 Å². The highest BCUT2D eigenvalue weighted by atomic mass is 19.1. The van der Waals surface area contributed by atoms with Gasteiger partial charge in [-0.05, 0) is 56.5 Å². The molecule has 1 atom stereocenters. The number of nitrogens with one attached hydrogen (secondary N) is 1. The van der Waals surface area contributed by atoms with Crippen molar-refractivity contribution < 1.29 is 9.18 Å². The summed E-state index contributed by atoms with van der Waals surface area (Å²) in [6, 6.07) is 14.7. The molecule has 4 nitrogen and oxygen atoms in total. The lowest BCUT2D eigenvalue weighted by molar-refractivity contribution is -0.120. The Morgan fingerprint density at radius 1 is 1.04 bits per heavy atom. The minimum Gasteiger partial charge on any atom is -0.371 e. The van der Waals surface area contributed by atoms with Crippen LogP contribution >= 0.6 is 0 Å². The summed E-state index contributed by atoms with van der Waals surface area (Å²) in [5.41, 5.74) is 2.65. The molecule has 1 N–H and O–H groups in total. The van der Waals surface area contributed by atoms with Crippen LogP contribution in [-0.2, 0) is 11.3 Å². The van der Waals surface area contributed by atoms with Gasteiger partial charge in [0.05, 0.1) is 6.04 Å². The molecule has 142 valence electrons. The number of rotatable bonds is 5. The van der Waals surface area contributed by atoms with Crippen LogP contribution in [0.25, 0.3) is 0 Å². The number of halogens is 1. The second kappa shape index (κ2) is 8.09. The lowest BCUT2D eigenvalue weighted by Crippen LogP contribution is -2.39. The number of hydrogen-bond donors (Lipinski definition) is 1. The van der Waals surface area contributed by atoms with Crippen LogP contribution in [0.1, 0.15) is 31.2 Å². The highest BCUT2D eigenvalue weighted by molar-refractivity contribution is 5.95. The molecule has 0 aromatic heterocycles. The number of hydrogen-bond acceptors (Lipinski definition) is 3. The van der Waals surface area contributed by atoms with E-state index >= 15 is 0 Å². The fraction of sp³-hybridized carbons (Fsp3) is 0.409. The quantitative estimate of drug-likeness (QED) is 0.867. The molecule has 2 aliphatic heterocycles. The molecule has 5 heteroatoms. The van der Waals surface area contributed by atoms with E-state index in [2.05, 4.69) is 27.2 Å². The predicted molar refractivity (Wildman–Crippen MR) is 106 cm³/mol. The van der Waals surface area contributed by atoms with Gasteiger partial charge in [-0.25, -0.2) is 4.39 Å². The summed E-state index contributed by atoms with van der Waals surface area (Å²) in [4.78, 5) is 17.3. The van der Waals surface area contributed by atoms with Crippen LogP contribution in [0, 0.1) is 5.82 Å². The summed E-state index contributed by atoms with van der Waals surface area (Å²) >= 11 is 0. The van der Waals surface area contributed by atoms with E-state index in [-0.39, 0.29) is 17.8 Å². The third-order valence-electron chi connectivity index (χ3n) is 5.58. The van der Waals surface area contributed by atoms with Crippen LogP contribution in [0.4, 0.5) is 15.8 Å². The Morgan fingerprint density at radius 3 is 2.67 bits per heavy atom. The van der Waals surface area contributed by atoms with Crippen molar-refractivity contribution in [1.82, 2.24) is 4.90 Å². The summed E-state index contributed by atoms with van der Waals surface area (Å²) in [6.07, 6.45) is 4.22. The molecule has 2 aromatic carbocycles. The first-order chi connectivity index (χ1) is 13.2. The molecule has 0 bridgehead atoms. The van der Waals surface area contributed by atoms with Gasteiger partial charge in [-0.2, -0.15) is 0 Å². The maximum atomic E-state index is 14.0.